The Labute approximate surface area is 149 Å². The topological polar surface area (TPSA) is 62.6 Å². The molecular formula is C16H18BrN3O3S. The highest BCUT2D eigenvalue weighted by molar-refractivity contribution is 9.10. The van der Waals surface area contributed by atoms with E-state index < -0.39 is 10.0 Å². The minimum Gasteiger partial charge on any atom is -0.347 e. The van der Waals surface area contributed by atoms with Crippen LogP contribution in [0.25, 0.3) is 0 Å². The van der Waals surface area contributed by atoms with E-state index in [-0.39, 0.29) is 10.8 Å². The van der Waals surface area contributed by atoms with Crippen molar-refractivity contribution >= 4 is 31.9 Å². The second kappa shape index (κ2) is 6.70. The largest absolute Gasteiger partial charge is 0.347 e. The molecule has 3 rings (SSSR count). The standard InChI is InChI=1S/C16H18BrN3O3S/c1-18-7-3-6-15(18)16(21)19-8-10-20(11-9-19)24(22,23)14-5-2-4-13(17)12-14/h2-7,12H,8-11H2,1H3. The van der Waals surface area contributed by atoms with Gasteiger partial charge in [-0.2, -0.15) is 4.31 Å². The molecule has 1 aliphatic heterocycles. The lowest BCUT2D eigenvalue weighted by atomic mass is 10.3. The normalized spacial score (nSPS) is 16.3. The van der Waals surface area contributed by atoms with Crippen molar-refractivity contribution in [2.45, 2.75) is 4.90 Å². The van der Waals surface area contributed by atoms with Crippen LogP contribution in [-0.2, 0) is 17.1 Å². The number of nitrogens with zero attached hydrogens (tertiary/aromatic N) is 3. The molecule has 1 aliphatic rings. The molecular weight excluding hydrogens is 394 g/mol. The molecule has 0 radical (unpaired) electrons. The summed E-state index contributed by atoms with van der Waals surface area (Å²) < 4.78 is 29.3. The zero-order valence-electron chi connectivity index (χ0n) is 13.2. The molecule has 0 bridgehead atoms. The van der Waals surface area contributed by atoms with Crippen LogP contribution in [0.15, 0.2) is 52.0 Å². The van der Waals surface area contributed by atoms with Gasteiger partial charge >= 0.3 is 0 Å². The molecule has 0 saturated carbocycles. The average molecular weight is 412 g/mol. The van der Waals surface area contributed by atoms with E-state index in [1.165, 1.54) is 4.31 Å². The quantitative estimate of drug-likeness (QED) is 0.774. The Balaban J connectivity index is 1.71. The molecule has 0 atom stereocenters. The van der Waals surface area contributed by atoms with E-state index >= 15 is 0 Å². The van der Waals surface area contributed by atoms with Gasteiger partial charge in [0.1, 0.15) is 5.69 Å². The van der Waals surface area contributed by atoms with Crippen LogP contribution >= 0.6 is 15.9 Å². The van der Waals surface area contributed by atoms with Gasteiger partial charge in [-0.3, -0.25) is 4.79 Å². The first-order chi connectivity index (χ1) is 11.4. The van der Waals surface area contributed by atoms with Crippen LogP contribution in [0, 0.1) is 0 Å². The Hall–Kier alpha value is -1.64. The molecule has 1 aromatic carbocycles. The van der Waals surface area contributed by atoms with Crippen LogP contribution in [0.1, 0.15) is 10.5 Å². The van der Waals surface area contributed by atoms with Crippen molar-refractivity contribution in [3.63, 3.8) is 0 Å². The van der Waals surface area contributed by atoms with E-state index in [1.54, 1.807) is 39.8 Å². The van der Waals surface area contributed by atoms with Crippen molar-refractivity contribution in [1.82, 2.24) is 13.8 Å². The summed E-state index contributed by atoms with van der Waals surface area (Å²) in [5.41, 5.74) is 0.610. The molecule has 6 nitrogen and oxygen atoms in total. The lowest BCUT2D eigenvalue weighted by Crippen LogP contribution is -2.50. The predicted octanol–water partition coefficient (Wildman–Crippen LogP) is 1.93. The summed E-state index contributed by atoms with van der Waals surface area (Å²) in [7, 11) is -1.71. The Morgan fingerprint density at radius 3 is 2.38 bits per heavy atom. The van der Waals surface area contributed by atoms with Crippen LogP contribution in [0.3, 0.4) is 0 Å². The van der Waals surface area contributed by atoms with Crippen LogP contribution < -0.4 is 0 Å². The summed E-state index contributed by atoms with van der Waals surface area (Å²) in [6, 6.07) is 10.3. The number of sulfonamides is 1. The highest BCUT2D eigenvalue weighted by Crippen LogP contribution is 2.21. The third kappa shape index (κ3) is 3.26. The van der Waals surface area contributed by atoms with Crippen molar-refractivity contribution in [3.05, 3.63) is 52.8 Å². The number of carbonyl (C=O) groups excluding carboxylic acids is 1. The minimum atomic E-state index is -3.54. The monoisotopic (exact) mass is 411 g/mol. The summed E-state index contributed by atoms with van der Waals surface area (Å²) in [6.45, 7) is 1.37. The van der Waals surface area contributed by atoms with Gasteiger partial charge in [-0.25, -0.2) is 8.42 Å². The van der Waals surface area contributed by atoms with Gasteiger partial charge < -0.3 is 9.47 Å². The fraction of sp³-hybridized carbons (Fsp3) is 0.312. The summed E-state index contributed by atoms with van der Waals surface area (Å²) in [4.78, 5) is 14.4. The predicted molar refractivity (Wildman–Crippen MR) is 94.2 cm³/mol. The number of rotatable bonds is 3. The first-order valence-electron chi connectivity index (χ1n) is 7.56. The van der Waals surface area contributed by atoms with Crippen LogP contribution in [-0.4, -0.2) is 54.3 Å². The summed E-state index contributed by atoms with van der Waals surface area (Å²) in [5, 5.41) is 0. The molecule has 0 unspecified atom stereocenters. The lowest BCUT2D eigenvalue weighted by molar-refractivity contribution is 0.0688. The number of aryl methyl sites for hydroxylation is 1. The van der Waals surface area contributed by atoms with Gasteiger partial charge in [-0.15, -0.1) is 0 Å². The Morgan fingerprint density at radius 2 is 1.79 bits per heavy atom. The summed E-state index contributed by atoms with van der Waals surface area (Å²) in [6.07, 6.45) is 1.82. The third-order valence-electron chi connectivity index (χ3n) is 4.12. The van der Waals surface area contributed by atoms with Gasteiger partial charge in [0.05, 0.1) is 4.90 Å². The fourth-order valence-corrected chi connectivity index (χ4v) is 4.77. The maximum absolute atomic E-state index is 12.7. The highest BCUT2D eigenvalue weighted by atomic mass is 79.9. The van der Waals surface area contributed by atoms with Crippen LogP contribution in [0.5, 0.6) is 0 Å². The van der Waals surface area contributed by atoms with Gasteiger partial charge in [-0.1, -0.05) is 22.0 Å². The fourth-order valence-electron chi connectivity index (χ4n) is 2.75. The molecule has 1 fully saturated rings. The molecule has 8 heteroatoms. The van der Waals surface area contributed by atoms with Crippen molar-refractivity contribution in [2.24, 2.45) is 7.05 Å². The number of hydrogen-bond donors (Lipinski definition) is 0. The Morgan fingerprint density at radius 1 is 1.08 bits per heavy atom. The van der Waals surface area contributed by atoms with E-state index in [4.69, 9.17) is 0 Å². The SMILES string of the molecule is Cn1cccc1C(=O)N1CCN(S(=O)(=O)c2cccc(Br)c2)CC1. The third-order valence-corrected chi connectivity index (χ3v) is 6.51. The number of amides is 1. The van der Waals surface area contributed by atoms with E-state index in [1.807, 2.05) is 19.3 Å². The van der Waals surface area contributed by atoms with E-state index in [2.05, 4.69) is 15.9 Å². The number of aromatic nitrogens is 1. The first kappa shape index (κ1) is 17.2. The average Bonchev–Trinajstić information content (AvgIpc) is 3.00. The molecule has 0 spiro atoms. The molecule has 128 valence electrons. The first-order valence-corrected chi connectivity index (χ1v) is 9.79. The smallest absolute Gasteiger partial charge is 0.270 e. The number of piperazine rings is 1. The van der Waals surface area contributed by atoms with Crippen molar-refractivity contribution in [3.8, 4) is 0 Å². The van der Waals surface area contributed by atoms with Crippen molar-refractivity contribution < 1.29 is 13.2 Å². The second-order valence-electron chi connectivity index (χ2n) is 5.66. The van der Waals surface area contributed by atoms with Gasteiger partial charge in [0.25, 0.3) is 5.91 Å². The van der Waals surface area contributed by atoms with E-state index in [0.717, 1.165) is 4.47 Å². The van der Waals surface area contributed by atoms with Crippen LogP contribution in [0.4, 0.5) is 0 Å². The second-order valence-corrected chi connectivity index (χ2v) is 8.51. The van der Waals surface area contributed by atoms with Gasteiger partial charge in [0.15, 0.2) is 0 Å². The van der Waals surface area contributed by atoms with Crippen molar-refractivity contribution in [1.29, 1.82) is 0 Å². The molecule has 1 aromatic heterocycles. The molecule has 2 aromatic rings. The highest BCUT2D eigenvalue weighted by Gasteiger charge is 2.30. The molecule has 0 aliphatic carbocycles. The maximum Gasteiger partial charge on any atom is 0.270 e. The Bertz CT molecular complexity index is 855. The summed E-state index contributed by atoms with van der Waals surface area (Å²) >= 11 is 3.30. The number of carbonyl (C=O) groups is 1. The molecule has 1 amide bonds. The van der Waals surface area contributed by atoms with Crippen LogP contribution in [0.2, 0.25) is 0 Å². The Kier molecular flexibility index (Phi) is 4.80. The molecule has 2 heterocycles. The molecule has 0 N–H and O–H groups in total. The van der Waals surface area contributed by atoms with Gasteiger partial charge in [0, 0.05) is 43.9 Å². The zero-order chi connectivity index (χ0) is 17.3. The minimum absolute atomic E-state index is 0.0676. The number of halogens is 1. The number of benzene rings is 1. The van der Waals surface area contributed by atoms with Gasteiger partial charge in [0.2, 0.25) is 10.0 Å². The lowest BCUT2D eigenvalue weighted by Gasteiger charge is -2.34. The summed E-state index contributed by atoms with van der Waals surface area (Å²) in [5.74, 6) is -0.0676. The zero-order valence-corrected chi connectivity index (χ0v) is 15.6. The molecule has 24 heavy (non-hydrogen) atoms. The maximum atomic E-state index is 12.7. The number of hydrogen-bond acceptors (Lipinski definition) is 3. The van der Waals surface area contributed by atoms with Gasteiger partial charge in [-0.05, 0) is 30.3 Å². The van der Waals surface area contributed by atoms with Crippen molar-refractivity contribution in [2.75, 3.05) is 26.2 Å². The van der Waals surface area contributed by atoms with E-state index in [0.29, 0.717) is 31.9 Å². The van der Waals surface area contributed by atoms with E-state index in [9.17, 15) is 13.2 Å². The molecule has 1 saturated heterocycles.